The van der Waals surface area contributed by atoms with E-state index in [0.717, 1.165) is 21.8 Å². The zero-order chi connectivity index (χ0) is 25.5. The minimum absolute atomic E-state index is 0.176. The Balaban J connectivity index is 1.24. The monoisotopic (exact) mass is 538 g/mol. The number of amides is 2. The summed E-state index contributed by atoms with van der Waals surface area (Å²) in [6.07, 6.45) is 1.52. The van der Waals surface area contributed by atoms with Gasteiger partial charge < -0.3 is 10.1 Å². The fourth-order valence-corrected chi connectivity index (χ4v) is 4.01. The number of thiazole rings is 1. The number of hydrogen-bond acceptors (Lipinski definition) is 6. The van der Waals surface area contributed by atoms with Gasteiger partial charge in [0.1, 0.15) is 5.75 Å². The van der Waals surface area contributed by atoms with Gasteiger partial charge >= 0.3 is 0 Å². The van der Waals surface area contributed by atoms with Gasteiger partial charge in [0.15, 0.2) is 6.61 Å². The second-order valence-electron chi connectivity index (χ2n) is 7.56. The Labute approximate surface area is 221 Å². The SMILES string of the molecule is Cc1nc(-c2ccc(C(=O)N/N=C/c3ccc(OCC(=O)Nc4ccc(Cl)c(Cl)c4)cc3)cc2)cs1. The van der Waals surface area contributed by atoms with Crippen LogP contribution in [-0.2, 0) is 4.79 Å². The van der Waals surface area contributed by atoms with Crippen LogP contribution in [0.4, 0.5) is 5.69 Å². The number of halogens is 2. The Kier molecular flexibility index (Phi) is 8.32. The molecule has 4 rings (SSSR count). The van der Waals surface area contributed by atoms with Crippen LogP contribution < -0.4 is 15.5 Å². The van der Waals surface area contributed by atoms with E-state index in [1.54, 1.807) is 65.9 Å². The van der Waals surface area contributed by atoms with Crippen LogP contribution in [0.3, 0.4) is 0 Å². The minimum Gasteiger partial charge on any atom is -0.484 e. The maximum atomic E-state index is 12.3. The molecule has 0 bridgehead atoms. The van der Waals surface area contributed by atoms with Crippen molar-refractivity contribution in [3.8, 4) is 17.0 Å². The van der Waals surface area contributed by atoms with Crippen molar-refractivity contribution in [3.63, 3.8) is 0 Å². The molecule has 2 amide bonds. The summed E-state index contributed by atoms with van der Waals surface area (Å²) in [5.74, 6) is -0.146. The molecule has 3 aromatic carbocycles. The van der Waals surface area contributed by atoms with Crippen LogP contribution in [0.2, 0.25) is 10.0 Å². The van der Waals surface area contributed by atoms with Gasteiger partial charge in [0, 0.05) is 22.2 Å². The van der Waals surface area contributed by atoms with Gasteiger partial charge in [-0.25, -0.2) is 10.4 Å². The van der Waals surface area contributed by atoms with Crippen molar-refractivity contribution in [2.45, 2.75) is 6.92 Å². The average molecular weight is 539 g/mol. The summed E-state index contributed by atoms with van der Waals surface area (Å²) in [7, 11) is 0. The fourth-order valence-electron chi connectivity index (χ4n) is 3.09. The summed E-state index contributed by atoms with van der Waals surface area (Å²) in [6.45, 7) is 1.78. The highest BCUT2D eigenvalue weighted by Crippen LogP contribution is 2.25. The predicted molar refractivity (Wildman–Crippen MR) is 144 cm³/mol. The molecule has 1 heterocycles. The van der Waals surface area contributed by atoms with Crippen LogP contribution in [-0.4, -0.2) is 29.6 Å². The molecule has 0 saturated heterocycles. The van der Waals surface area contributed by atoms with Crippen LogP contribution >= 0.6 is 34.5 Å². The summed E-state index contributed by atoms with van der Waals surface area (Å²) in [4.78, 5) is 28.9. The third-order valence-electron chi connectivity index (χ3n) is 4.89. The zero-order valence-electron chi connectivity index (χ0n) is 19.0. The van der Waals surface area contributed by atoms with Gasteiger partial charge in [-0.15, -0.1) is 11.3 Å². The average Bonchev–Trinajstić information content (AvgIpc) is 3.32. The Morgan fingerprint density at radius 1 is 1.03 bits per heavy atom. The number of anilines is 1. The second-order valence-corrected chi connectivity index (χ2v) is 9.44. The maximum absolute atomic E-state index is 12.3. The molecule has 36 heavy (non-hydrogen) atoms. The van der Waals surface area contributed by atoms with Gasteiger partial charge in [-0.1, -0.05) is 35.3 Å². The van der Waals surface area contributed by atoms with Gasteiger partial charge in [0.05, 0.1) is 27.0 Å². The number of nitrogens with zero attached hydrogens (tertiary/aromatic N) is 2. The molecule has 10 heteroatoms. The molecular weight excluding hydrogens is 519 g/mol. The molecule has 0 spiro atoms. The van der Waals surface area contributed by atoms with E-state index in [2.05, 4.69) is 20.8 Å². The second kappa shape index (κ2) is 11.8. The van der Waals surface area contributed by atoms with Crippen LogP contribution in [0.5, 0.6) is 5.75 Å². The maximum Gasteiger partial charge on any atom is 0.271 e. The predicted octanol–water partition coefficient (Wildman–Crippen LogP) is 6.21. The number of carbonyl (C=O) groups excluding carboxylic acids is 2. The van der Waals surface area contributed by atoms with E-state index in [4.69, 9.17) is 27.9 Å². The summed E-state index contributed by atoms with van der Waals surface area (Å²) in [5.41, 5.74) is 6.12. The van der Waals surface area contributed by atoms with Gasteiger partial charge in [-0.2, -0.15) is 5.10 Å². The highest BCUT2D eigenvalue weighted by molar-refractivity contribution is 7.09. The molecule has 0 unspecified atom stereocenters. The number of hydrazone groups is 1. The Morgan fingerprint density at radius 3 is 2.44 bits per heavy atom. The molecule has 182 valence electrons. The number of nitrogens with one attached hydrogen (secondary N) is 2. The molecule has 4 aromatic rings. The molecule has 2 N–H and O–H groups in total. The Hall–Kier alpha value is -3.72. The lowest BCUT2D eigenvalue weighted by molar-refractivity contribution is -0.118. The van der Waals surface area contributed by atoms with Crippen LogP contribution in [0, 0.1) is 6.92 Å². The van der Waals surface area contributed by atoms with Crippen molar-refractivity contribution >= 4 is 58.3 Å². The van der Waals surface area contributed by atoms with Crippen LogP contribution in [0.15, 0.2) is 77.2 Å². The third kappa shape index (κ3) is 6.91. The standard InChI is InChI=1S/C26H20Cl2N4O3S/c1-16-30-24(15-36-16)18-4-6-19(7-5-18)26(34)32-29-13-17-2-9-21(10-3-17)35-14-25(33)31-20-8-11-22(27)23(28)12-20/h2-13,15H,14H2,1H3,(H,31,33)(H,32,34)/b29-13+. The number of aryl methyl sites for hydroxylation is 1. The molecule has 1 aromatic heterocycles. The highest BCUT2D eigenvalue weighted by Gasteiger charge is 2.08. The molecule has 0 aliphatic carbocycles. The first-order valence-electron chi connectivity index (χ1n) is 10.7. The Morgan fingerprint density at radius 2 is 1.78 bits per heavy atom. The van der Waals surface area contributed by atoms with Crippen molar-refractivity contribution < 1.29 is 14.3 Å². The number of ether oxygens (including phenoxy) is 1. The number of aromatic nitrogens is 1. The number of hydrogen-bond donors (Lipinski definition) is 2. The summed E-state index contributed by atoms with van der Waals surface area (Å²) < 4.78 is 5.50. The first-order chi connectivity index (χ1) is 17.4. The third-order valence-corrected chi connectivity index (χ3v) is 6.41. The van der Waals surface area contributed by atoms with Crippen LogP contribution in [0.25, 0.3) is 11.3 Å². The van der Waals surface area contributed by atoms with Crippen LogP contribution in [0.1, 0.15) is 20.9 Å². The number of benzene rings is 3. The molecule has 7 nitrogen and oxygen atoms in total. The number of carbonyl (C=O) groups is 2. The van der Waals surface area contributed by atoms with Crippen molar-refractivity contribution in [1.29, 1.82) is 0 Å². The summed E-state index contributed by atoms with van der Waals surface area (Å²) in [5, 5.41) is 10.4. The van der Waals surface area contributed by atoms with Gasteiger partial charge in [0.25, 0.3) is 11.8 Å². The lowest BCUT2D eigenvalue weighted by atomic mass is 10.1. The molecule has 0 fully saturated rings. The van der Waals surface area contributed by atoms with Crippen molar-refractivity contribution in [1.82, 2.24) is 10.4 Å². The van der Waals surface area contributed by atoms with E-state index in [1.165, 1.54) is 6.21 Å². The molecular formula is C26H20Cl2N4O3S. The van der Waals surface area contributed by atoms with Crippen molar-refractivity contribution in [2.24, 2.45) is 5.10 Å². The van der Waals surface area contributed by atoms with E-state index in [1.807, 2.05) is 24.4 Å². The first kappa shape index (κ1) is 25.4. The quantitative estimate of drug-likeness (QED) is 0.206. The molecule has 0 aliphatic rings. The van der Waals surface area contributed by atoms with Crippen molar-refractivity contribution in [2.75, 3.05) is 11.9 Å². The fraction of sp³-hybridized carbons (Fsp3) is 0.0769. The number of rotatable bonds is 8. The summed E-state index contributed by atoms with van der Waals surface area (Å²) in [6, 6.07) is 18.9. The largest absolute Gasteiger partial charge is 0.484 e. The molecule has 0 saturated carbocycles. The zero-order valence-corrected chi connectivity index (χ0v) is 21.3. The van der Waals surface area contributed by atoms with Crippen molar-refractivity contribution in [3.05, 3.63) is 98.3 Å². The smallest absolute Gasteiger partial charge is 0.271 e. The molecule has 0 atom stereocenters. The molecule has 0 aliphatic heterocycles. The normalized spacial score (nSPS) is 10.9. The Bertz CT molecular complexity index is 1400. The van der Waals surface area contributed by atoms with E-state index in [0.29, 0.717) is 27.0 Å². The lowest BCUT2D eigenvalue weighted by Crippen LogP contribution is -2.20. The van der Waals surface area contributed by atoms with Gasteiger partial charge in [-0.05, 0) is 67.1 Å². The lowest BCUT2D eigenvalue weighted by Gasteiger charge is -2.08. The van der Waals surface area contributed by atoms with Gasteiger partial charge in [-0.3, -0.25) is 9.59 Å². The van der Waals surface area contributed by atoms with E-state index >= 15 is 0 Å². The molecule has 0 radical (unpaired) electrons. The minimum atomic E-state index is -0.337. The first-order valence-corrected chi connectivity index (χ1v) is 12.3. The topological polar surface area (TPSA) is 92.7 Å². The highest BCUT2D eigenvalue weighted by atomic mass is 35.5. The van der Waals surface area contributed by atoms with E-state index in [-0.39, 0.29) is 18.4 Å². The van der Waals surface area contributed by atoms with Gasteiger partial charge in [0.2, 0.25) is 0 Å². The van der Waals surface area contributed by atoms with E-state index < -0.39 is 0 Å². The summed E-state index contributed by atoms with van der Waals surface area (Å²) >= 11 is 13.4. The van der Waals surface area contributed by atoms with E-state index in [9.17, 15) is 9.59 Å².